The summed E-state index contributed by atoms with van der Waals surface area (Å²) >= 11 is 0. The van der Waals surface area contributed by atoms with Gasteiger partial charge in [0.25, 0.3) is 0 Å². The zero-order valence-electron chi connectivity index (χ0n) is 19.9. The summed E-state index contributed by atoms with van der Waals surface area (Å²) in [5, 5.41) is 23.3. The zero-order chi connectivity index (χ0) is 25.2. The lowest BCUT2D eigenvalue weighted by molar-refractivity contribution is -0.116. The molecule has 0 saturated carbocycles. The van der Waals surface area contributed by atoms with Crippen molar-refractivity contribution >= 4 is 33.9 Å². The number of carbonyl (C=O) groups is 1. The molecule has 36 heavy (non-hydrogen) atoms. The molecule has 0 spiro atoms. The molecule has 5 rings (SSSR count). The summed E-state index contributed by atoms with van der Waals surface area (Å²) in [4.78, 5) is 12.5. The molecule has 0 aliphatic carbocycles. The van der Waals surface area contributed by atoms with E-state index in [0.29, 0.717) is 16.7 Å². The van der Waals surface area contributed by atoms with E-state index in [4.69, 9.17) is 0 Å². The first-order valence-corrected chi connectivity index (χ1v) is 11.5. The summed E-state index contributed by atoms with van der Waals surface area (Å²) in [6.07, 6.45) is 1.88. The van der Waals surface area contributed by atoms with Gasteiger partial charge < -0.3 is 9.88 Å². The fraction of sp³-hybridized carbons (Fsp3) is 0.0645. The molecule has 1 heterocycles. The number of hydrogen-bond acceptors (Lipinski definition) is 3. The summed E-state index contributed by atoms with van der Waals surface area (Å²) in [5.41, 5.74) is 7.68. The third-order valence-corrected chi connectivity index (χ3v) is 6.40. The number of rotatable bonds is 4. The first-order valence-electron chi connectivity index (χ1n) is 11.5. The number of amides is 1. The van der Waals surface area contributed by atoms with E-state index in [2.05, 4.69) is 46.3 Å². The summed E-state index contributed by atoms with van der Waals surface area (Å²) in [6, 6.07) is 31.8. The van der Waals surface area contributed by atoms with Crippen LogP contribution in [0.25, 0.3) is 50.3 Å². The standard InChI is InChI=1S/C31H22N4O/c1-20(31(36)34-2)19-35-29-25(23-13-9-21(17-32)10-14-23)5-3-7-27(29)28-8-4-6-26(30(28)35)24-15-11-22(18-33)12-16-24/h3-16,19H,1-2H3,(H,34,36)/b20-19-. The number of nitrogens with zero attached hydrogens (tertiary/aromatic N) is 3. The van der Waals surface area contributed by atoms with Gasteiger partial charge in [0.05, 0.1) is 34.3 Å². The van der Waals surface area contributed by atoms with E-state index in [9.17, 15) is 15.3 Å². The monoisotopic (exact) mass is 466 g/mol. The smallest absolute Gasteiger partial charge is 0.248 e. The number of carbonyl (C=O) groups excluding carboxylic acids is 1. The van der Waals surface area contributed by atoms with Crippen molar-refractivity contribution in [2.75, 3.05) is 7.05 Å². The average molecular weight is 467 g/mol. The van der Waals surface area contributed by atoms with Gasteiger partial charge in [-0.3, -0.25) is 4.79 Å². The van der Waals surface area contributed by atoms with Crippen molar-refractivity contribution in [1.82, 2.24) is 9.88 Å². The summed E-state index contributed by atoms with van der Waals surface area (Å²) in [6.45, 7) is 1.80. The number of likely N-dealkylation sites (N-methyl/N-ethyl adjacent to an activating group) is 1. The molecule has 5 nitrogen and oxygen atoms in total. The van der Waals surface area contributed by atoms with Gasteiger partial charge in [0.2, 0.25) is 5.91 Å². The van der Waals surface area contributed by atoms with Gasteiger partial charge in [-0.25, -0.2) is 0 Å². The minimum Gasteiger partial charge on any atom is -0.355 e. The van der Waals surface area contributed by atoms with Crippen LogP contribution in [-0.2, 0) is 4.79 Å². The molecule has 4 aromatic carbocycles. The highest BCUT2D eigenvalue weighted by Crippen LogP contribution is 2.40. The van der Waals surface area contributed by atoms with Crippen LogP contribution in [-0.4, -0.2) is 17.5 Å². The third-order valence-electron chi connectivity index (χ3n) is 6.40. The summed E-state index contributed by atoms with van der Waals surface area (Å²) in [7, 11) is 1.62. The average Bonchev–Trinajstić information content (AvgIpc) is 3.26. The van der Waals surface area contributed by atoms with Crippen LogP contribution in [0.3, 0.4) is 0 Å². The second-order valence-electron chi connectivity index (χ2n) is 8.54. The van der Waals surface area contributed by atoms with Crippen LogP contribution < -0.4 is 5.32 Å². The predicted molar refractivity (Wildman–Crippen MR) is 144 cm³/mol. The SMILES string of the molecule is CNC(=O)/C(C)=C\n1c2c(-c3ccc(C#N)cc3)cccc2c2cccc(-c3ccc(C#N)cc3)c21. The molecule has 1 N–H and O–H groups in total. The van der Waals surface area contributed by atoms with Gasteiger partial charge in [-0.2, -0.15) is 10.5 Å². The van der Waals surface area contributed by atoms with E-state index in [1.807, 2.05) is 66.9 Å². The molecular formula is C31H22N4O. The molecule has 1 amide bonds. The minimum atomic E-state index is -0.156. The van der Waals surface area contributed by atoms with Crippen LogP contribution in [0.1, 0.15) is 18.1 Å². The van der Waals surface area contributed by atoms with Crippen LogP contribution in [0.5, 0.6) is 0 Å². The zero-order valence-corrected chi connectivity index (χ0v) is 19.9. The Kier molecular flexibility index (Phi) is 5.82. The highest BCUT2D eigenvalue weighted by Gasteiger charge is 2.18. The Bertz CT molecular complexity index is 1630. The van der Waals surface area contributed by atoms with Crippen LogP contribution in [0.4, 0.5) is 0 Å². The molecule has 0 radical (unpaired) electrons. The van der Waals surface area contributed by atoms with Gasteiger partial charge >= 0.3 is 0 Å². The maximum Gasteiger partial charge on any atom is 0.248 e. The number of nitrogens with one attached hydrogen (secondary N) is 1. The molecule has 0 unspecified atom stereocenters. The molecular weight excluding hydrogens is 444 g/mol. The number of para-hydroxylation sites is 2. The Labute approximate surface area is 209 Å². The summed E-state index contributed by atoms with van der Waals surface area (Å²) in [5.74, 6) is -0.156. The van der Waals surface area contributed by atoms with Gasteiger partial charge in [0.1, 0.15) is 0 Å². The van der Waals surface area contributed by atoms with E-state index >= 15 is 0 Å². The maximum atomic E-state index is 12.5. The Morgan fingerprint density at radius 3 is 1.58 bits per heavy atom. The molecule has 0 aliphatic rings. The molecule has 1 aromatic heterocycles. The van der Waals surface area contributed by atoms with Crippen molar-refractivity contribution in [1.29, 1.82) is 10.5 Å². The first kappa shape index (κ1) is 22.7. The molecule has 0 atom stereocenters. The van der Waals surface area contributed by atoms with Crippen LogP contribution >= 0.6 is 0 Å². The van der Waals surface area contributed by atoms with E-state index in [1.54, 1.807) is 14.0 Å². The molecule has 0 aliphatic heterocycles. The van der Waals surface area contributed by atoms with Crippen molar-refractivity contribution < 1.29 is 4.79 Å². The second-order valence-corrected chi connectivity index (χ2v) is 8.54. The lowest BCUT2D eigenvalue weighted by atomic mass is 9.99. The van der Waals surface area contributed by atoms with Gasteiger partial charge in [-0.15, -0.1) is 0 Å². The molecule has 172 valence electrons. The number of aromatic nitrogens is 1. The molecule has 0 fully saturated rings. The first-order chi connectivity index (χ1) is 17.5. The fourth-order valence-corrected chi connectivity index (χ4v) is 4.65. The quantitative estimate of drug-likeness (QED) is 0.308. The predicted octanol–water partition coefficient (Wildman–Crippen LogP) is 6.48. The van der Waals surface area contributed by atoms with E-state index < -0.39 is 0 Å². The largest absolute Gasteiger partial charge is 0.355 e. The molecule has 0 saturated heterocycles. The van der Waals surface area contributed by atoms with Gasteiger partial charge in [-0.1, -0.05) is 60.7 Å². The van der Waals surface area contributed by atoms with Crippen molar-refractivity contribution in [2.45, 2.75) is 6.92 Å². The van der Waals surface area contributed by atoms with E-state index in [1.165, 1.54) is 0 Å². The Morgan fingerprint density at radius 1 is 0.750 bits per heavy atom. The van der Waals surface area contributed by atoms with Crippen molar-refractivity contribution in [2.24, 2.45) is 0 Å². The lowest BCUT2D eigenvalue weighted by Crippen LogP contribution is -2.18. The number of benzene rings is 4. The number of hydrogen-bond donors (Lipinski definition) is 1. The third kappa shape index (κ3) is 3.79. The highest BCUT2D eigenvalue weighted by molar-refractivity contribution is 6.17. The topological polar surface area (TPSA) is 81.6 Å². The molecule has 0 bridgehead atoms. The Balaban J connectivity index is 1.90. The van der Waals surface area contributed by atoms with E-state index in [0.717, 1.165) is 44.1 Å². The Morgan fingerprint density at radius 2 is 1.19 bits per heavy atom. The Hall–Kier alpha value is -5.13. The maximum absolute atomic E-state index is 12.5. The molecule has 5 heteroatoms. The minimum absolute atomic E-state index is 0.156. The van der Waals surface area contributed by atoms with Gasteiger partial charge in [0.15, 0.2) is 0 Å². The van der Waals surface area contributed by atoms with Gasteiger partial charge in [-0.05, 0) is 42.3 Å². The number of nitriles is 2. The summed E-state index contributed by atoms with van der Waals surface area (Å²) < 4.78 is 2.09. The van der Waals surface area contributed by atoms with E-state index in [-0.39, 0.29) is 5.91 Å². The second kappa shape index (κ2) is 9.25. The van der Waals surface area contributed by atoms with Crippen molar-refractivity contribution in [3.8, 4) is 34.4 Å². The fourth-order valence-electron chi connectivity index (χ4n) is 4.65. The normalized spacial score (nSPS) is 11.3. The van der Waals surface area contributed by atoms with Crippen LogP contribution in [0.15, 0.2) is 90.5 Å². The van der Waals surface area contributed by atoms with Crippen LogP contribution in [0.2, 0.25) is 0 Å². The van der Waals surface area contributed by atoms with Crippen molar-refractivity contribution in [3.05, 3.63) is 102 Å². The number of fused-ring (bicyclic) bond motifs is 3. The lowest BCUT2D eigenvalue weighted by Gasteiger charge is -2.11. The molecule has 5 aromatic rings. The van der Waals surface area contributed by atoms with Gasteiger partial charge in [0, 0.05) is 40.7 Å². The van der Waals surface area contributed by atoms with Crippen LogP contribution in [0, 0.1) is 22.7 Å². The highest BCUT2D eigenvalue weighted by atomic mass is 16.1. The van der Waals surface area contributed by atoms with Crippen molar-refractivity contribution in [3.63, 3.8) is 0 Å².